The molecule has 3 aliphatic rings. The fourth-order valence-corrected chi connectivity index (χ4v) is 9.33. The summed E-state index contributed by atoms with van der Waals surface area (Å²) in [4.78, 5) is 3.23. The second-order valence-corrected chi connectivity index (χ2v) is 18.4. The number of nitrogens with zero attached hydrogens (tertiary/aromatic N) is 3. The van der Waals surface area contributed by atoms with Gasteiger partial charge in [0.25, 0.3) is 0 Å². The van der Waals surface area contributed by atoms with E-state index < -0.39 is 67.6 Å². The molecule has 1 unspecified atom stereocenters. The van der Waals surface area contributed by atoms with Gasteiger partial charge in [-0.2, -0.15) is 0 Å². The van der Waals surface area contributed by atoms with E-state index in [4.69, 9.17) is 71.1 Å². The summed E-state index contributed by atoms with van der Waals surface area (Å²) in [6.07, 6.45) is -10.4. The van der Waals surface area contributed by atoms with E-state index in [-0.39, 0.29) is 46.2 Å². The van der Waals surface area contributed by atoms with Crippen molar-refractivity contribution in [3.63, 3.8) is 0 Å². The van der Waals surface area contributed by atoms with E-state index in [0.717, 1.165) is 33.4 Å². The Hall–Kier alpha value is -6.77. The van der Waals surface area contributed by atoms with Crippen molar-refractivity contribution in [3.8, 4) is 28.7 Å². The quantitative estimate of drug-likeness (QED) is 0.0299. The molecule has 0 saturated carbocycles. The lowest BCUT2D eigenvalue weighted by molar-refractivity contribution is -0.390. The molecule has 3 saturated heterocycles. The fraction of sp³-hybridized carbons (Fsp3) is 0.390. The smallest absolute Gasteiger partial charge is 0.187 e. The first-order valence-corrected chi connectivity index (χ1v) is 25.4. The van der Waals surface area contributed by atoms with E-state index >= 15 is 0 Å². The average molecular weight is 1060 g/mol. The van der Waals surface area contributed by atoms with Gasteiger partial charge in [-0.05, 0) is 94.0 Å². The molecule has 0 bridgehead atoms. The van der Waals surface area contributed by atoms with E-state index in [2.05, 4.69) is 10.0 Å². The number of fused-ring (bicyclic) bond motifs is 1. The first-order chi connectivity index (χ1) is 37.8. The predicted octanol–water partition coefficient (Wildman–Crippen LogP) is 9.85. The highest BCUT2D eigenvalue weighted by atomic mass is 16.8. The normalized spacial score (nSPS) is 24.9. The number of benzene rings is 6. The minimum Gasteiger partial charge on any atom is -0.497 e. The van der Waals surface area contributed by atoms with Crippen molar-refractivity contribution in [2.75, 3.05) is 48.8 Å². The van der Waals surface area contributed by atoms with Crippen LogP contribution in [0.5, 0.6) is 28.7 Å². The standard InChI is InChI=1S/C59H65N3O15/c1-63-44-21-11-38(12-22-44)31-68-36-49-51(53(69-32-39-13-23-45(64-2)24-14-39)55(57(74-49)61-62-60)71-34-41-17-27-47(66-4)28-18-41)77-59-56(72-35-42-19-29-48(67-5)30-20-42)54(70-33-40-15-25-46(65-3)26-16-40)52-50(75-59)37-73-58(76-52)43-9-7-6-8-10-43/h6-30,49-59H,31-37H2,1-5H3/t49-,50-,51-,52-,53+,54+,55-,56-,57-,58?,59+/m1/s1. The molecule has 0 spiro atoms. The third-order valence-corrected chi connectivity index (χ3v) is 13.5. The molecule has 3 fully saturated rings. The maximum Gasteiger partial charge on any atom is 0.187 e. The van der Waals surface area contributed by atoms with Gasteiger partial charge in [0.1, 0.15) is 77.6 Å². The van der Waals surface area contributed by atoms with Crippen LogP contribution in [0.2, 0.25) is 0 Å². The van der Waals surface area contributed by atoms with Crippen molar-refractivity contribution in [1.82, 2.24) is 0 Å². The summed E-state index contributed by atoms with van der Waals surface area (Å²) in [6.45, 7) is 0.743. The number of ether oxygens (including phenoxy) is 15. The Morgan fingerprint density at radius 2 is 0.896 bits per heavy atom. The summed E-state index contributed by atoms with van der Waals surface area (Å²) in [7, 11) is 8.07. The number of azide groups is 1. The Balaban J connectivity index is 1.11. The van der Waals surface area contributed by atoms with Crippen LogP contribution in [0.25, 0.3) is 10.4 Å². The van der Waals surface area contributed by atoms with Gasteiger partial charge >= 0.3 is 0 Å². The second-order valence-electron chi connectivity index (χ2n) is 18.4. The van der Waals surface area contributed by atoms with E-state index in [1.54, 1.807) is 35.5 Å². The Morgan fingerprint density at radius 1 is 0.468 bits per heavy atom. The molecular formula is C59H65N3O15. The molecular weight excluding hydrogens is 991 g/mol. The SMILES string of the molecule is COc1ccc(COC[C@H]2O[C@@H](N=[N+]=[N-])[C@H](OCc3ccc(OC)cc3)[C@@H](OCc3ccc(OC)cc3)[C@@H]2O[C@@H]2O[C@@H]3COC(c4ccccc4)O[C@H]3[C@H](OCc3ccc(OC)cc3)[C@H]2OCc2ccc(OC)cc2)cc1. The van der Waals surface area contributed by atoms with Gasteiger partial charge in [0.2, 0.25) is 0 Å². The maximum absolute atomic E-state index is 10.1. The summed E-state index contributed by atoms with van der Waals surface area (Å²) in [5.74, 6) is 3.48. The molecule has 0 N–H and O–H groups in total. The van der Waals surface area contributed by atoms with E-state index in [9.17, 15) is 5.53 Å². The summed E-state index contributed by atoms with van der Waals surface area (Å²) < 4.78 is 96.0. The molecule has 0 amide bonds. The summed E-state index contributed by atoms with van der Waals surface area (Å²) in [5, 5.41) is 4.17. The molecule has 18 heteroatoms. The van der Waals surface area contributed by atoms with Crippen LogP contribution in [0.15, 0.2) is 157 Å². The highest BCUT2D eigenvalue weighted by Crippen LogP contribution is 2.40. The average Bonchev–Trinajstić information content (AvgIpc) is 3.51. The van der Waals surface area contributed by atoms with Crippen molar-refractivity contribution >= 4 is 0 Å². The molecule has 6 aromatic rings. The van der Waals surface area contributed by atoms with Gasteiger partial charge in [0.15, 0.2) is 18.8 Å². The van der Waals surface area contributed by atoms with Crippen molar-refractivity contribution < 1.29 is 71.1 Å². The Kier molecular flexibility index (Phi) is 19.7. The molecule has 18 nitrogen and oxygen atoms in total. The summed E-state index contributed by atoms with van der Waals surface area (Å²) >= 11 is 0. The first-order valence-electron chi connectivity index (χ1n) is 25.4. The van der Waals surface area contributed by atoms with Gasteiger partial charge < -0.3 is 71.1 Å². The number of hydrogen-bond donors (Lipinski definition) is 0. The molecule has 0 radical (unpaired) electrons. The van der Waals surface area contributed by atoms with Crippen LogP contribution in [0.1, 0.15) is 39.7 Å². The number of hydrogen-bond acceptors (Lipinski definition) is 16. The molecule has 11 atom stereocenters. The fourth-order valence-electron chi connectivity index (χ4n) is 9.33. The zero-order valence-corrected chi connectivity index (χ0v) is 43.7. The zero-order chi connectivity index (χ0) is 53.3. The number of methoxy groups -OCH3 is 5. The van der Waals surface area contributed by atoms with Gasteiger partial charge in [0.05, 0.1) is 81.8 Å². The predicted molar refractivity (Wildman–Crippen MR) is 280 cm³/mol. The van der Waals surface area contributed by atoms with Gasteiger partial charge in [-0.1, -0.05) is 96.1 Å². The maximum atomic E-state index is 10.1. The van der Waals surface area contributed by atoms with Crippen molar-refractivity contribution in [1.29, 1.82) is 0 Å². The van der Waals surface area contributed by atoms with Crippen LogP contribution < -0.4 is 23.7 Å². The number of rotatable bonds is 25. The van der Waals surface area contributed by atoms with Gasteiger partial charge in [-0.3, -0.25) is 0 Å². The van der Waals surface area contributed by atoms with Crippen molar-refractivity contribution in [2.24, 2.45) is 5.11 Å². The molecule has 3 heterocycles. The molecule has 6 aromatic carbocycles. The minimum atomic E-state index is -1.21. The Labute approximate surface area is 448 Å². The third-order valence-electron chi connectivity index (χ3n) is 13.5. The van der Waals surface area contributed by atoms with Crippen molar-refractivity contribution in [2.45, 2.75) is 101 Å². The molecule has 0 aliphatic carbocycles. The first kappa shape index (κ1) is 55.0. The van der Waals surface area contributed by atoms with Crippen LogP contribution in [-0.2, 0) is 80.4 Å². The second kappa shape index (κ2) is 27.5. The third kappa shape index (κ3) is 14.4. The summed E-state index contributed by atoms with van der Waals surface area (Å²) in [5.41, 5.74) is 15.2. The lowest BCUT2D eigenvalue weighted by Crippen LogP contribution is -2.67. The van der Waals surface area contributed by atoms with E-state index in [0.29, 0.717) is 28.7 Å². The monoisotopic (exact) mass is 1060 g/mol. The molecule has 9 rings (SSSR count). The topological polar surface area (TPSA) is 187 Å². The lowest BCUT2D eigenvalue weighted by Gasteiger charge is -2.51. The van der Waals surface area contributed by atoms with Gasteiger partial charge in [-0.15, -0.1) is 0 Å². The van der Waals surface area contributed by atoms with Crippen LogP contribution in [0.4, 0.5) is 0 Å². The Bertz CT molecular complexity index is 2750. The van der Waals surface area contributed by atoms with Crippen molar-refractivity contribution in [3.05, 3.63) is 195 Å². The van der Waals surface area contributed by atoms with Gasteiger partial charge in [-0.25, -0.2) is 0 Å². The summed E-state index contributed by atoms with van der Waals surface area (Å²) in [6, 6.07) is 47.5. The highest BCUT2D eigenvalue weighted by Gasteiger charge is 2.55. The van der Waals surface area contributed by atoms with Crippen LogP contribution >= 0.6 is 0 Å². The van der Waals surface area contributed by atoms with Gasteiger partial charge in [0, 0.05) is 10.5 Å². The Morgan fingerprint density at radius 3 is 1.35 bits per heavy atom. The lowest BCUT2D eigenvalue weighted by atomic mass is 9.95. The molecule has 406 valence electrons. The molecule has 3 aliphatic heterocycles. The van der Waals surface area contributed by atoms with Crippen LogP contribution in [0, 0.1) is 0 Å². The van der Waals surface area contributed by atoms with Crippen LogP contribution in [0.3, 0.4) is 0 Å². The zero-order valence-electron chi connectivity index (χ0n) is 43.7. The molecule has 77 heavy (non-hydrogen) atoms. The molecule has 0 aromatic heterocycles. The minimum absolute atomic E-state index is 0.0414. The van der Waals surface area contributed by atoms with Crippen LogP contribution in [-0.4, -0.2) is 110 Å². The highest BCUT2D eigenvalue weighted by molar-refractivity contribution is 5.30. The van der Waals surface area contributed by atoms with E-state index in [1.807, 2.05) is 152 Å². The van der Waals surface area contributed by atoms with E-state index in [1.165, 1.54) is 0 Å². The largest absolute Gasteiger partial charge is 0.497 e.